The summed E-state index contributed by atoms with van der Waals surface area (Å²) in [7, 11) is 3.65. The van der Waals surface area contributed by atoms with E-state index in [4.69, 9.17) is 0 Å². The molecule has 0 aliphatic rings. The highest BCUT2D eigenvalue weighted by Gasteiger charge is 2.15. The molecule has 0 saturated heterocycles. The lowest BCUT2D eigenvalue weighted by Gasteiger charge is -2.09. The molecule has 0 rings (SSSR count). The molecule has 0 atom stereocenters. The van der Waals surface area contributed by atoms with E-state index in [0.29, 0.717) is 0 Å². The van der Waals surface area contributed by atoms with E-state index in [1.165, 1.54) is 12.8 Å². The summed E-state index contributed by atoms with van der Waals surface area (Å²) < 4.78 is 0. The Morgan fingerprint density at radius 1 is 1.10 bits per heavy atom. The predicted molar refractivity (Wildman–Crippen MR) is 88.8 cm³/mol. The van der Waals surface area contributed by atoms with Crippen LogP contribution in [0.4, 0.5) is 0 Å². The zero-order valence-electron chi connectivity index (χ0n) is 14.1. The fraction of sp³-hybridized carbons (Fsp3) is 0.667. The Kier molecular flexibility index (Phi) is 11.3. The molecule has 3 heteroatoms. The number of rotatable bonds is 11. The van der Waals surface area contributed by atoms with E-state index in [1.54, 1.807) is 11.1 Å². The number of carbonyl (C=O) groups is 1. The Hall–Kier alpha value is -1.56. The van der Waals surface area contributed by atoms with Crippen molar-refractivity contribution in [1.82, 2.24) is 4.90 Å². The highest BCUT2D eigenvalue weighted by molar-refractivity contribution is 6.10. The highest BCUT2D eigenvalue weighted by atomic mass is 16.1. The maximum absolute atomic E-state index is 12.5. The van der Waals surface area contributed by atoms with Crippen LogP contribution in [0.2, 0.25) is 0 Å². The second-order valence-corrected chi connectivity index (χ2v) is 5.63. The molecule has 118 valence electrons. The van der Waals surface area contributed by atoms with Gasteiger partial charge in [-0.05, 0) is 24.8 Å². The van der Waals surface area contributed by atoms with Crippen LogP contribution in [0.3, 0.4) is 0 Å². The zero-order valence-corrected chi connectivity index (χ0v) is 14.1. The van der Waals surface area contributed by atoms with Crippen molar-refractivity contribution in [2.75, 3.05) is 14.1 Å². The monoisotopic (exact) mass is 290 g/mol. The van der Waals surface area contributed by atoms with Gasteiger partial charge in [0.1, 0.15) is 11.6 Å². The van der Waals surface area contributed by atoms with Gasteiger partial charge in [0.25, 0.3) is 0 Å². The van der Waals surface area contributed by atoms with E-state index >= 15 is 0 Å². The molecule has 0 aromatic carbocycles. The number of allylic oxidation sites excluding steroid dienone is 3. The lowest BCUT2D eigenvalue weighted by molar-refractivity contribution is -0.112. The van der Waals surface area contributed by atoms with Crippen molar-refractivity contribution in [2.45, 2.75) is 65.2 Å². The number of Topliss-reactive ketones (excluding diaryl/α,β-unsaturated/α-hetero) is 1. The second kappa shape index (κ2) is 12.2. The van der Waals surface area contributed by atoms with Crippen molar-refractivity contribution in [2.24, 2.45) is 0 Å². The first kappa shape index (κ1) is 19.4. The van der Waals surface area contributed by atoms with E-state index in [0.717, 1.165) is 44.1 Å². The van der Waals surface area contributed by atoms with Gasteiger partial charge in [-0.25, -0.2) is 0 Å². The Morgan fingerprint density at radius 3 is 2.29 bits per heavy atom. The maximum Gasteiger partial charge on any atom is 0.200 e. The molecular weight excluding hydrogens is 260 g/mol. The van der Waals surface area contributed by atoms with Gasteiger partial charge in [0.15, 0.2) is 0 Å². The van der Waals surface area contributed by atoms with Crippen molar-refractivity contribution in [3.05, 3.63) is 23.4 Å². The third-order valence-corrected chi connectivity index (χ3v) is 3.29. The Bertz CT molecular complexity index is 400. The number of carbonyl (C=O) groups excluding carboxylic acids is 1. The maximum atomic E-state index is 12.5. The number of nitrogens with zero attached hydrogens (tertiary/aromatic N) is 2. The average molecular weight is 290 g/mol. The van der Waals surface area contributed by atoms with Gasteiger partial charge in [-0.1, -0.05) is 52.0 Å². The molecule has 21 heavy (non-hydrogen) atoms. The van der Waals surface area contributed by atoms with Crippen LogP contribution in [-0.4, -0.2) is 24.8 Å². The van der Waals surface area contributed by atoms with Crippen molar-refractivity contribution in [3.8, 4) is 6.07 Å². The molecule has 0 aliphatic heterocycles. The Labute approximate surface area is 130 Å². The third kappa shape index (κ3) is 9.07. The van der Waals surface area contributed by atoms with Crippen molar-refractivity contribution in [1.29, 1.82) is 5.26 Å². The van der Waals surface area contributed by atoms with Crippen LogP contribution < -0.4 is 0 Å². The summed E-state index contributed by atoms with van der Waals surface area (Å²) in [6, 6.07) is 2.03. The molecule has 0 radical (unpaired) electrons. The summed E-state index contributed by atoms with van der Waals surface area (Å²) in [5.74, 6) is -0.0983. The SMILES string of the molecule is CCCC/C=C(\CCCCCC)C(=O)/C(C#N)=C/N(C)C. The van der Waals surface area contributed by atoms with Crippen LogP contribution in [0.15, 0.2) is 23.4 Å². The molecule has 0 fully saturated rings. The fourth-order valence-corrected chi connectivity index (χ4v) is 2.10. The molecule has 0 aromatic heterocycles. The van der Waals surface area contributed by atoms with Crippen molar-refractivity contribution in [3.63, 3.8) is 0 Å². The first-order valence-electron chi connectivity index (χ1n) is 8.08. The van der Waals surface area contributed by atoms with E-state index in [9.17, 15) is 10.1 Å². The number of ketones is 1. The van der Waals surface area contributed by atoms with Gasteiger partial charge in [-0.2, -0.15) is 5.26 Å². The standard InChI is InChI=1S/C18H30N2O/c1-5-7-9-11-13-16(12-10-8-6-2)18(21)17(14-19)15-20(3)4/h12,15H,5-11,13H2,1-4H3/b16-12+,17-15+. The normalized spacial score (nSPS) is 12.1. The summed E-state index contributed by atoms with van der Waals surface area (Å²) in [6.45, 7) is 4.32. The van der Waals surface area contributed by atoms with Crippen LogP contribution in [-0.2, 0) is 4.79 Å². The minimum absolute atomic E-state index is 0.0983. The van der Waals surface area contributed by atoms with Crippen LogP contribution in [0.5, 0.6) is 0 Å². The molecule has 0 amide bonds. The van der Waals surface area contributed by atoms with E-state index in [-0.39, 0.29) is 11.4 Å². The lowest BCUT2D eigenvalue weighted by Crippen LogP contribution is -2.11. The van der Waals surface area contributed by atoms with Crippen LogP contribution >= 0.6 is 0 Å². The quantitative estimate of drug-likeness (QED) is 0.317. The van der Waals surface area contributed by atoms with Crippen molar-refractivity contribution < 1.29 is 4.79 Å². The first-order valence-corrected chi connectivity index (χ1v) is 8.08. The summed E-state index contributed by atoms with van der Waals surface area (Å²) in [5.41, 5.74) is 1.05. The molecule has 0 aromatic rings. The number of nitriles is 1. The van der Waals surface area contributed by atoms with Gasteiger partial charge < -0.3 is 4.90 Å². The average Bonchev–Trinajstić information content (AvgIpc) is 2.46. The number of hydrogen-bond donors (Lipinski definition) is 0. The van der Waals surface area contributed by atoms with Crippen LogP contribution in [0.1, 0.15) is 65.2 Å². The van der Waals surface area contributed by atoms with E-state index in [1.807, 2.05) is 26.2 Å². The highest BCUT2D eigenvalue weighted by Crippen LogP contribution is 2.17. The summed E-state index contributed by atoms with van der Waals surface area (Å²) >= 11 is 0. The third-order valence-electron chi connectivity index (χ3n) is 3.29. The Morgan fingerprint density at radius 2 is 1.76 bits per heavy atom. The Balaban J connectivity index is 4.88. The molecule has 0 bridgehead atoms. The lowest BCUT2D eigenvalue weighted by atomic mass is 9.97. The number of hydrogen-bond acceptors (Lipinski definition) is 3. The fourth-order valence-electron chi connectivity index (χ4n) is 2.10. The van der Waals surface area contributed by atoms with E-state index in [2.05, 4.69) is 13.8 Å². The van der Waals surface area contributed by atoms with E-state index < -0.39 is 0 Å². The molecule has 0 aliphatic carbocycles. The van der Waals surface area contributed by atoms with Gasteiger partial charge in [0.05, 0.1) is 0 Å². The largest absolute Gasteiger partial charge is 0.382 e. The van der Waals surface area contributed by atoms with Gasteiger partial charge in [-0.3, -0.25) is 4.79 Å². The summed E-state index contributed by atoms with van der Waals surface area (Å²) in [5, 5.41) is 9.18. The smallest absolute Gasteiger partial charge is 0.200 e. The molecule has 0 unspecified atom stereocenters. The second-order valence-electron chi connectivity index (χ2n) is 5.63. The minimum Gasteiger partial charge on any atom is -0.382 e. The van der Waals surface area contributed by atoms with Gasteiger partial charge in [-0.15, -0.1) is 0 Å². The number of unbranched alkanes of at least 4 members (excludes halogenated alkanes) is 5. The topological polar surface area (TPSA) is 44.1 Å². The predicted octanol–water partition coefficient (Wildman–Crippen LogP) is 4.61. The van der Waals surface area contributed by atoms with Crippen LogP contribution in [0.25, 0.3) is 0 Å². The van der Waals surface area contributed by atoms with Gasteiger partial charge in [0.2, 0.25) is 5.78 Å². The zero-order chi connectivity index (χ0) is 16.1. The minimum atomic E-state index is -0.0983. The van der Waals surface area contributed by atoms with Gasteiger partial charge in [0, 0.05) is 20.3 Å². The first-order chi connectivity index (χ1) is 10.1. The molecule has 0 spiro atoms. The molecule has 0 N–H and O–H groups in total. The summed E-state index contributed by atoms with van der Waals surface area (Å²) in [6.07, 6.45) is 12.1. The van der Waals surface area contributed by atoms with Crippen molar-refractivity contribution >= 4 is 5.78 Å². The van der Waals surface area contributed by atoms with Gasteiger partial charge >= 0.3 is 0 Å². The van der Waals surface area contributed by atoms with Crippen LogP contribution in [0, 0.1) is 11.3 Å². The summed E-state index contributed by atoms with van der Waals surface area (Å²) in [4.78, 5) is 14.2. The molecular formula is C18H30N2O. The molecule has 0 saturated carbocycles. The molecule has 3 nitrogen and oxygen atoms in total. The molecule has 0 heterocycles.